The topological polar surface area (TPSA) is 67.4 Å². The molecule has 2 amide bonds. The summed E-state index contributed by atoms with van der Waals surface area (Å²) in [6.07, 6.45) is 2.36. The van der Waals surface area contributed by atoms with Crippen molar-refractivity contribution in [2.45, 2.75) is 12.5 Å². The van der Waals surface area contributed by atoms with Crippen molar-refractivity contribution in [3.8, 4) is 5.75 Å². The molecule has 0 unspecified atom stereocenters. The molecular weight excluding hydrogens is 391 g/mol. The van der Waals surface area contributed by atoms with Gasteiger partial charge >= 0.3 is 0 Å². The van der Waals surface area contributed by atoms with Crippen LogP contribution in [0, 0.1) is 5.82 Å². The van der Waals surface area contributed by atoms with Crippen LogP contribution in [0.3, 0.4) is 0 Å². The van der Waals surface area contributed by atoms with E-state index in [1.807, 2.05) is 6.26 Å². The highest BCUT2D eigenvalue weighted by atomic mass is 35.5. The van der Waals surface area contributed by atoms with Crippen molar-refractivity contribution in [3.63, 3.8) is 0 Å². The molecule has 0 aliphatic carbocycles. The van der Waals surface area contributed by atoms with E-state index in [9.17, 15) is 14.0 Å². The lowest BCUT2D eigenvalue weighted by molar-refractivity contribution is -0.118. The van der Waals surface area contributed by atoms with Gasteiger partial charge in [0, 0.05) is 11.3 Å². The largest absolute Gasteiger partial charge is 0.497 e. The average Bonchev–Trinajstić information content (AvgIpc) is 2.67. The smallest absolute Gasteiger partial charge is 0.251 e. The molecule has 2 aromatic carbocycles. The highest BCUT2D eigenvalue weighted by molar-refractivity contribution is 7.98. The average molecular weight is 411 g/mol. The third kappa shape index (κ3) is 6.15. The lowest BCUT2D eigenvalue weighted by Crippen LogP contribution is -2.44. The molecule has 0 bridgehead atoms. The highest BCUT2D eigenvalue weighted by Gasteiger charge is 2.21. The van der Waals surface area contributed by atoms with Gasteiger partial charge in [0.15, 0.2) is 0 Å². The molecule has 27 heavy (non-hydrogen) atoms. The molecule has 0 aliphatic rings. The number of amides is 2. The second-order valence-corrected chi connectivity index (χ2v) is 7.05. The van der Waals surface area contributed by atoms with Crippen molar-refractivity contribution in [2.24, 2.45) is 0 Å². The third-order valence-corrected chi connectivity index (χ3v) is 4.71. The number of thioether (sulfide) groups is 1. The van der Waals surface area contributed by atoms with Crippen LogP contribution in [0.25, 0.3) is 0 Å². The summed E-state index contributed by atoms with van der Waals surface area (Å²) < 4.78 is 18.3. The zero-order valence-corrected chi connectivity index (χ0v) is 16.5. The Morgan fingerprint density at radius 1 is 1.22 bits per heavy atom. The Bertz CT molecular complexity index is 802. The van der Waals surface area contributed by atoms with Crippen molar-refractivity contribution < 1.29 is 18.7 Å². The predicted octanol–water partition coefficient (Wildman–Crippen LogP) is 3.98. The molecular formula is C19H20ClFN2O3S. The number of ether oxygens (including phenoxy) is 1. The van der Waals surface area contributed by atoms with Crippen molar-refractivity contribution >= 4 is 40.9 Å². The van der Waals surface area contributed by atoms with Crippen LogP contribution in [0.4, 0.5) is 10.1 Å². The van der Waals surface area contributed by atoms with Crippen LogP contribution in [0.2, 0.25) is 5.02 Å². The van der Waals surface area contributed by atoms with Gasteiger partial charge in [0.2, 0.25) is 5.91 Å². The summed E-state index contributed by atoms with van der Waals surface area (Å²) in [7, 11) is 1.54. The number of rotatable bonds is 8. The Kier molecular flexibility index (Phi) is 7.94. The summed E-state index contributed by atoms with van der Waals surface area (Å²) in [6, 6.07) is 9.76. The third-order valence-electron chi connectivity index (χ3n) is 3.77. The van der Waals surface area contributed by atoms with Crippen LogP contribution in [0.15, 0.2) is 42.5 Å². The molecule has 0 heterocycles. The number of methoxy groups -OCH3 is 1. The standard InChI is InChI=1S/C19H20ClFN2O3S/c1-26-14-6-3-12(4-7-14)18(24)23-17(9-10-27-2)19(25)22-13-5-8-16(21)15(20)11-13/h3-8,11,17H,9-10H2,1-2H3,(H,22,25)(H,23,24)/t17-/m0/s1. The van der Waals surface area contributed by atoms with Gasteiger partial charge in [-0.05, 0) is 60.9 Å². The van der Waals surface area contributed by atoms with E-state index in [0.29, 0.717) is 29.2 Å². The molecule has 0 aromatic heterocycles. The van der Waals surface area contributed by atoms with Crippen LogP contribution in [-0.4, -0.2) is 37.0 Å². The van der Waals surface area contributed by atoms with Gasteiger partial charge in [-0.3, -0.25) is 9.59 Å². The first-order valence-electron chi connectivity index (χ1n) is 8.14. The molecule has 0 saturated heterocycles. The van der Waals surface area contributed by atoms with Gasteiger partial charge in [-0.15, -0.1) is 0 Å². The maximum absolute atomic E-state index is 13.3. The minimum absolute atomic E-state index is 0.0873. The van der Waals surface area contributed by atoms with Gasteiger partial charge in [0.1, 0.15) is 17.6 Å². The Morgan fingerprint density at radius 2 is 1.93 bits per heavy atom. The first-order valence-corrected chi connectivity index (χ1v) is 9.91. The molecule has 1 atom stereocenters. The van der Waals surface area contributed by atoms with E-state index in [-0.39, 0.29) is 10.9 Å². The molecule has 8 heteroatoms. The predicted molar refractivity (Wildman–Crippen MR) is 107 cm³/mol. The summed E-state index contributed by atoms with van der Waals surface area (Å²) in [5.41, 5.74) is 0.779. The van der Waals surface area contributed by atoms with Gasteiger partial charge in [-0.25, -0.2) is 4.39 Å². The zero-order chi connectivity index (χ0) is 19.8. The van der Waals surface area contributed by atoms with Crippen molar-refractivity contribution in [3.05, 3.63) is 58.9 Å². The van der Waals surface area contributed by atoms with E-state index < -0.39 is 17.8 Å². The Hall–Kier alpha value is -2.25. The van der Waals surface area contributed by atoms with E-state index in [4.69, 9.17) is 16.3 Å². The second-order valence-electron chi connectivity index (χ2n) is 5.65. The molecule has 0 saturated carbocycles. The quantitative estimate of drug-likeness (QED) is 0.690. The number of carbonyl (C=O) groups excluding carboxylic acids is 2. The number of nitrogens with one attached hydrogen (secondary N) is 2. The number of hydrogen-bond acceptors (Lipinski definition) is 4. The summed E-state index contributed by atoms with van der Waals surface area (Å²) in [5.74, 6) is -0.00651. The van der Waals surface area contributed by atoms with Crippen molar-refractivity contribution in [2.75, 3.05) is 24.4 Å². The Morgan fingerprint density at radius 3 is 2.52 bits per heavy atom. The van der Waals surface area contributed by atoms with Crippen molar-refractivity contribution in [1.82, 2.24) is 5.32 Å². The number of anilines is 1. The van der Waals surface area contributed by atoms with E-state index in [0.717, 1.165) is 0 Å². The van der Waals surface area contributed by atoms with Crippen molar-refractivity contribution in [1.29, 1.82) is 0 Å². The molecule has 2 N–H and O–H groups in total. The van der Waals surface area contributed by atoms with Gasteiger partial charge < -0.3 is 15.4 Å². The Labute approximate surface area is 166 Å². The SMILES string of the molecule is COc1ccc(C(=O)N[C@@H](CCSC)C(=O)Nc2ccc(F)c(Cl)c2)cc1. The van der Waals surface area contributed by atoms with Crippen LogP contribution < -0.4 is 15.4 Å². The van der Waals surface area contributed by atoms with Crippen LogP contribution >= 0.6 is 23.4 Å². The minimum atomic E-state index is -0.740. The van der Waals surface area contributed by atoms with Gasteiger partial charge in [0.25, 0.3) is 5.91 Å². The van der Waals surface area contributed by atoms with Crippen LogP contribution in [0.1, 0.15) is 16.8 Å². The van der Waals surface area contributed by atoms with E-state index in [1.165, 1.54) is 18.2 Å². The molecule has 0 spiro atoms. The summed E-state index contributed by atoms with van der Waals surface area (Å²) in [4.78, 5) is 25.1. The molecule has 0 fully saturated rings. The molecule has 5 nitrogen and oxygen atoms in total. The first-order chi connectivity index (χ1) is 12.9. The fourth-order valence-electron chi connectivity index (χ4n) is 2.29. The van der Waals surface area contributed by atoms with Crippen LogP contribution in [-0.2, 0) is 4.79 Å². The molecule has 144 valence electrons. The van der Waals surface area contributed by atoms with Gasteiger partial charge in [0.05, 0.1) is 12.1 Å². The van der Waals surface area contributed by atoms with E-state index in [2.05, 4.69) is 10.6 Å². The number of hydrogen-bond donors (Lipinski definition) is 2. The van der Waals surface area contributed by atoms with Crippen LogP contribution in [0.5, 0.6) is 5.75 Å². The monoisotopic (exact) mass is 410 g/mol. The molecule has 0 radical (unpaired) electrons. The van der Waals surface area contributed by atoms with E-state index >= 15 is 0 Å². The molecule has 2 rings (SSSR count). The fourth-order valence-corrected chi connectivity index (χ4v) is 2.94. The summed E-state index contributed by atoms with van der Waals surface area (Å²) in [5, 5.41) is 5.31. The second kappa shape index (κ2) is 10.2. The number of halogens is 2. The summed E-state index contributed by atoms with van der Waals surface area (Å²) in [6.45, 7) is 0. The number of benzene rings is 2. The van der Waals surface area contributed by atoms with E-state index in [1.54, 1.807) is 43.1 Å². The minimum Gasteiger partial charge on any atom is -0.497 e. The highest BCUT2D eigenvalue weighted by Crippen LogP contribution is 2.20. The van der Waals surface area contributed by atoms with Gasteiger partial charge in [-0.2, -0.15) is 11.8 Å². The Balaban J connectivity index is 2.08. The maximum Gasteiger partial charge on any atom is 0.251 e. The number of carbonyl (C=O) groups is 2. The molecule has 0 aliphatic heterocycles. The summed E-state index contributed by atoms with van der Waals surface area (Å²) >= 11 is 7.31. The first kappa shape index (κ1) is 21.1. The fraction of sp³-hybridized carbons (Fsp3) is 0.263. The molecule has 2 aromatic rings. The lowest BCUT2D eigenvalue weighted by atomic mass is 10.1. The maximum atomic E-state index is 13.3. The zero-order valence-electron chi connectivity index (χ0n) is 14.9. The lowest BCUT2D eigenvalue weighted by Gasteiger charge is -2.18. The van der Waals surface area contributed by atoms with Gasteiger partial charge in [-0.1, -0.05) is 11.6 Å². The normalized spacial score (nSPS) is 11.6.